The van der Waals surface area contributed by atoms with Gasteiger partial charge >= 0.3 is 6.03 Å². The first-order valence-electron chi connectivity index (χ1n) is 9.14. The number of hydrogen-bond acceptors (Lipinski definition) is 3. The van der Waals surface area contributed by atoms with Gasteiger partial charge < -0.3 is 20.3 Å². The number of anilines is 1. The molecule has 1 aromatic rings. The third kappa shape index (κ3) is 4.44. The van der Waals surface area contributed by atoms with Crippen molar-refractivity contribution in [1.29, 1.82) is 0 Å². The molecule has 1 aliphatic heterocycles. The summed E-state index contributed by atoms with van der Waals surface area (Å²) in [5, 5.41) is 6.00. The molecule has 136 valence electrons. The Morgan fingerprint density at radius 1 is 1.16 bits per heavy atom. The maximum absolute atomic E-state index is 12.4. The van der Waals surface area contributed by atoms with Crippen molar-refractivity contribution < 1.29 is 14.3 Å². The van der Waals surface area contributed by atoms with Gasteiger partial charge in [0, 0.05) is 25.6 Å². The number of methoxy groups -OCH3 is 1. The number of carbonyl (C=O) groups excluding carboxylic acids is 2. The first kappa shape index (κ1) is 17.6. The van der Waals surface area contributed by atoms with E-state index in [9.17, 15) is 9.59 Å². The number of hydrogen-bond donors (Lipinski definition) is 2. The van der Waals surface area contributed by atoms with Gasteiger partial charge in [-0.2, -0.15) is 0 Å². The fraction of sp³-hybridized carbons (Fsp3) is 0.579. The summed E-state index contributed by atoms with van der Waals surface area (Å²) in [4.78, 5) is 26.2. The molecule has 1 aliphatic carbocycles. The number of benzene rings is 1. The lowest BCUT2D eigenvalue weighted by molar-refractivity contribution is -0.127. The van der Waals surface area contributed by atoms with Crippen LogP contribution >= 0.6 is 0 Å². The van der Waals surface area contributed by atoms with E-state index in [2.05, 4.69) is 10.6 Å². The summed E-state index contributed by atoms with van der Waals surface area (Å²) < 4.78 is 5.26. The molecule has 0 spiro atoms. The molecular weight excluding hydrogens is 318 g/mol. The van der Waals surface area contributed by atoms with Crippen LogP contribution in [-0.4, -0.2) is 43.6 Å². The van der Waals surface area contributed by atoms with Crippen LogP contribution in [0.1, 0.15) is 32.1 Å². The lowest BCUT2D eigenvalue weighted by Crippen LogP contribution is -2.44. The van der Waals surface area contributed by atoms with Gasteiger partial charge in [-0.1, -0.05) is 18.6 Å². The molecule has 3 amide bonds. The highest BCUT2D eigenvalue weighted by Gasteiger charge is 2.27. The zero-order chi connectivity index (χ0) is 17.6. The predicted molar refractivity (Wildman–Crippen MR) is 96.7 cm³/mol. The minimum atomic E-state index is -0.0959. The zero-order valence-corrected chi connectivity index (χ0v) is 14.8. The second-order valence-corrected chi connectivity index (χ2v) is 6.93. The summed E-state index contributed by atoms with van der Waals surface area (Å²) in [5.74, 6) is 1.57. The second kappa shape index (κ2) is 8.23. The molecule has 0 unspecified atom stereocenters. The monoisotopic (exact) mass is 345 g/mol. The van der Waals surface area contributed by atoms with Gasteiger partial charge in [0.1, 0.15) is 5.75 Å². The first-order valence-corrected chi connectivity index (χ1v) is 9.14. The molecular formula is C19H27N3O3. The maximum atomic E-state index is 12.4. The SMILES string of the molecule is COc1ccccc1NC(=O)N1CCC(CNC(=O)C2CCC2)CC1. The third-order valence-electron chi connectivity index (χ3n) is 5.29. The standard InChI is InChI=1S/C19H27N3O3/c1-25-17-8-3-2-7-16(17)21-19(24)22-11-9-14(10-12-22)13-20-18(23)15-5-4-6-15/h2-3,7-8,14-15H,4-6,9-13H2,1H3,(H,20,23)(H,21,24). The van der Waals surface area contributed by atoms with Crippen LogP contribution in [0.15, 0.2) is 24.3 Å². The Balaban J connectivity index is 1.42. The van der Waals surface area contributed by atoms with Crippen molar-refractivity contribution >= 4 is 17.6 Å². The number of para-hydroxylation sites is 2. The Morgan fingerprint density at radius 2 is 1.88 bits per heavy atom. The lowest BCUT2D eigenvalue weighted by Gasteiger charge is -2.33. The average molecular weight is 345 g/mol. The third-order valence-corrected chi connectivity index (χ3v) is 5.29. The van der Waals surface area contributed by atoms with E-state index in [4.69, 9.17) is 4.74 Å². The van der Waals surface area contributed by atoms with Crippen LogP contribution in [0.25, 0.3) is 0 Å². The molecule has 2 fully saturated rings. The quantitative estimate of drug-likeness (QED) is 0.862. The van der Waals surface area contributed by atoms with Crippen LogP contribution in [-0.2, 0) is 4.79 Å². The van der Waals surface area contributed by atoms with Crippen LogP contribution in [0.2, 0.25) is 0 Å². The zero-order valence-electron chi connectivity index (χ0n) is 14.8. The Bertz CT molecular complexity index is 608. The number of ether oxygens (including phenoxy) is 1. The highest BCUT2D eigenvalue weighted by atomic mass is 16.5. The minimum absolute atomic E-state index is 0.0959. The summed E-state index contributed by atoms with van der Waals surface area (Å²) in [5.41, 5.74) is 0.685. The number of piperidine rings is 1. The number of likely N-dealkylation sites (tertiary alicyclic amines) is 1. The molecule has 1 saturated carbocycles. The van der Waals surface area contributed by atoms with E-state index in [1.807, 2.05) is 29.2 Å². The predicted octanol–water partition coefficient (Wildman–Crippen LogP) is 2.86. The first-order chi connectivity index (χ1) is 12.2. The maximum Gasteiger partial charge on any atom is 0.321 e. The van der Waals surface area contributed by atoms with E-state index in [1.54, 1.807) is 7.11 Å². The van der Waals surface area contributed by atoms with E-state index in [0.29, 0.717) is 30.4 Å². The van der Waals surface area contributed by atoms with Crippen molar-refractivity contribution in [2.24, 2.45) is 11.8 Å². The molecule has 2 aliphatic rings. The number of rotatable bonds is 5. The molecule has 1 saturated heterocycles. The van der Waals surface area contributed by atoms with Crippen LogP contribution in [0.3, 0.4) is 0 Å². The number of nitrogens with one attached hydrogen (secondary N) is 2. The molecule has 1 heterocycles. The molecule has 3 rings (SSSR count). The summed E-state index contributed by atoms with van der Waals surface area (Å²) in [6, 6.07) is 7.31. The summed E-state index contributed by atoms with van der Waals surface area (Å²) in [6.45, 7) is 2.16. The van der Waals surface area contributed by atoms with Gasteiger partial charge in [0.25, 0.3) is 0 Å². The van der Waals surface area contributed by atoms with Gasteiger partial charge in [-0.15, -0.1) is 0 Å². The van der Waals surface area contributed by atoms with E-state index in [1.165, 1.54) is 6.42 Å². The van der Waals surface area contributed by atoms with Gasteiger partial charge in [-0.05, 0) is 43.7 Å². The van der Waals surface area contributed by atoms with Crippen LogP contribution in [0, 0.1) is 11.8 Å². The molecule has 0 atom stereocenters. The van der Waals surface area contributed by atoms with Crippen molar-refractivity contribution in [2.45, 2.75) is 32.1 Å². The summed E-state index contributed by atoms with van der Waals surface area (Å²) in [7, 11) is 1.59. The molecule has 1 aromatic carbocycles. The number of carbonyl (C=O) groups is 2. The molecule has 0 bridgehead atoms. The van der Waals surface area contributed by atoms with Crippen molar-refractivity contribution in [3.05, 3.63) is 24.3 Å². The van der Waals surface area contributed by atoms with Crippen molar-refractivity contribution in [1.82, 2.24) is 10.2 Å². The largest absolute Gasteiger partial charge is 0.495 e. The second-order valence-electron chi connectivity index (χ2n) is 6.93. The summed E-state index contributed by atoms with van der Waals surface area (Å²) >= 11 is 0. The normalized spacial score (nSPS) is 18.4. The minimum Gasteiger partial charge on any atom is -0.495 e. The van der Waals surface area contributed by atoms with Gasteiger partial charge in [0.2, 0.25) is 5.91 Å². The fourth-order valence-corrected chi connectivity index (χ4v) is 3.34. The molecule has 6 nitrogen and oxygen atoms in total. The molecule has 0 radical (unpaired) electrons. The topological polar surface area (TPSA) is 70.7 Å². The van der Waals surface area contributed by atoms with Crippen molar-refractivity contribution in [3.8, 4) is 5.75 Å². The average Bonchev–Trinajstić information content (AvgIpc) is 2.59. The van der Waals surface area contributed by atoms with E-state index < -0.39 is 0 Å². The molecule has 0 aromatic heterocycles. The van der Waals surface area contributed by atoms with E-state index >= 15 is 0 Å². The Morgan fingerprint density at radius 3 is 2.52 bits per heavy atom. The van der Waals surface area contributed by atoms with Crippen LogP contribution in [0.5, 0.6) is 5.75 Å². The Hall–Kier alpha value is -2.24. The molecule has 2 N–H and O–H groups in total. The summed E-state index contributed by atoms with van der Waals surface area (Å²) in [6.07, 6.45) is 5.09. The molecule has 6 heteroatoms. The Kier molecular flexibility index (Phi) is 5.79. The van der Waals surface area contributed by atoms with E-state index in [0.717, 1.165) is 32.2 Å². The highest BCUT2D eigenvalue weighted by molar-refractivity contribution is 5.91. The van der Waals surface area contributed by atoms with Crippen LogP contribution < -0.4 is 15.4 Å². The number of amides is 3. The van der Waals surface area contributed by atoms with Crippen molar-refractivity contribution in [2.75, 3.05) is 32.1 Å². The van der Waals surface area contributed by atoms with Gasteiger partial charge in [0.05, 0.1) is 12.8 Å². The van der Waals surface area contributed by atoms with Crippen molar-refractivity contribution in [3.63, 3.8) is 0 Å². The number of nitrogens with zero attached hydrogens (tertiary/aromatic N) is 1. The number of urea groups is 1. The van der Waals surface area contributed by atoms with Gasteiger partial charge in [-0.25, -0.2) is 4.79 Å². The van der Waals surface area contributed by atoms with Gasteiger partial charge in [0.15, 0.2) is 0 Å². The Labute approximate surface area is 148 Å². The van der Waals surface area contributed by atoms with E-state index in [-0.39, 0.29) is 17.9 Å². The highest BCUT2D eigenvalue weighted by Crippen LogP contribution is 2.27. The van der Waals surface area contributed by atoms with Crippen LogP contribution in [0.4, 0.5) is 10.5 Å². The molecule has 25 heavy (non-hydrogen) atoms. The van der Waals surface area contributed by atoms with Gasteiger partial charge in [-0.3, -0.25) is 4.79 Å². The lowest BCUT2D eigenvalue weighted by atomic mass is 9.84. The smallest absolute Gasteiger partial charge is 0.321 e. The fourth-order valence-electron chi connectivity index (χ4n) is 3.34.